The predicted molar refractivity (Wildman–Crippen MR) is 69.1 cm³/mol. The van der Waals surface area contributed by atoms with Crippen LogP contribution in [-0.4, -0.2) is 29.6 Å². The molecule has 1 aliphatic heterocycles. The topological polar surface area (TPSA) is 70.3 Å². The monoisotopic (exact) mass is 227 g/mol. The molecule has 5 heteroatoms. The van der Waals surface area contributed by atoms with Crippen molar-refractivity contribution in [3.8, 4) is 11.3 Å². The lowest BCUT2D eigenvalue weighted by molar-refractivity contribution is 1.02. The van der Waals surface area contributed by atoms with Crippen molar-refractivity contribution in [1.82, 2.24) is 10.2 Å². The van der Waals surface area contributed by atoms with Crippen molar-refractivity contribution in [3.05, 3.63) is 30.3 Å². The standard InChI is InChI=1S/C12H13N5/c13-12-7-10(15-16-12)9-3-1-2-4-11(9)17-6-5-14-8-17/h1-4,7-8H,5-6H2,(H3,13,15,16). The Labute approximate surface area is 99.0 Å². The summed E-state index contributed by atoms with van der Waals surface area (Å²) in [6.45, 7) is 1.76. The number of nitrogens with zero attached hydrogens (tertiary/aromatic N) is 3. The van der Waals surface area contributed by atoms with Gasteiger partial charge in [0, 0.05) is 18.2 Å². The average Bonchev–Trinajstić information content (AvgIpc) is 3.00. The fraction of sp³-hybridized carbons (Fsp3) is 0.167. The number of aromatic amines is 1. The van der Waals surface area contributed by atoms with E-state index < -0.39 is 0 Å². The summed E-state index contributed by atoms with van der Waals surface area (Å²) in [6, 6.07) is 9.98. The molecule has 1 aromatic carbocycles. The van der Waals surface area contributed by atoms with Gasteiger partial charge in [0.25, 0.3) is 0 Å². The zero-order chi connectivity index (χ0) is 11.7. The summed E-state index contributed by atoms with van der Waals surface area (Å²) in [5.41, 5.74) is 8.78. The van der Waals surface area contributed by atoms with Gasteiger partial charge in [0.2, 0.25) is 0 Å². The Morgan fingerprint density at radius 3 is 2.88 bits per heavy atom. The lowest BCUT2D eigenvalue weighted by Gasteiger charge is -2.17. The molecule has 2 aromatic rings. The second-order valence-electron chi connectivity index (χ2n) is 3.94. The maximum Gasteiger partial charge on any atom is 0.145 e. The van der Waals surface area contributed by atoms with Crippen molar-refractivity contribution in [1.29, 1.82) is 0 Å². The van der Waals surface area contributed by atoms with E-state index in [1.165, 1.54) is 0 Å². The molecule has 0 aliphatic carbocycles. The van der Waals surface area contributed by atoms with Gasteiger partial charge in [-0.1, -0.05) is 18.2 Å². The summed E-state index contributed by atoms with van der Waals surface area (Å²) in [7, 11) is 0. The Kier molecular flexibility index (Phi) is 2.29. The maximum atomic E-state index is 5.64. The Bertz CT molecular complexity index is 558. The number of anilines is 2. The van der Waals surface area contributed by atoms with Gasteiger partial charge >= 0.3 is 0 Å². The van der Waals surface area contributed by atoms with Crippen LogP contribution in [0.4, 0.5) is 11.5 Å². The molecule has 0 saturated carbocycles. The summed E-state index contributed by atoms with van der Waals surface area (Å²) >= 11 is 0. The van der Waals surface area contributed by atoms with E-state index >= 15 is 0 Å². The van der Waals surface area contributed by atoms with E-state index in [-0.39, 0.29) is 0 Å². The van der Waals surface area contributed by atoms with E-state index in [0.717, 1.165) is 30.0 Å². The molecule has 0 unspecified atom stereocenters. The van der Waals surface area contributed by atoms with E-state index in [1.54, 1.807) is 0 Å². The number of benzene rings is 1. The van der Waals surface area contributed by atoms with Gasteiger partial charge in [-0.2, -0.15) is 5.10 Å². The number of para-hydroxylation sites is 1. The molecule has 2 heterocycles. The Hall–Kier alpha value is -2.30. The normalized spacial score (nSPS) is 14.5. The van der Waals surface area contributed by atoms with Crippen LogP contribution in [0.25, 0.3) is 11.3 Å². The Morgan fingerprint density at radius 2 is 2.18 bits per heavy atom. The van der Waals surface area contributed by atoms with Gasteiger partial charge in [0.1, 0.15) is 5.82 Å². The van der Waals surface area contributed by atoms with E-state index in [9.17, 15) is 0 Å². The third kappa shape index (κ3) is 1.75. The van der Waals surface area contributed by atoms with E-state index in [2.05, 4.69) is 32.2 Å². The third-order valence-corrected chi connectivity index (χ3v) is 2.79. The van der Waals surface area contributed by atoms with Gasteiger partial charge < -0.3 is 10.6 Å². The second kappa shape index (κ2) is 3.93. The van der Waals surface area contributed by atoms with Crippen LogP contribution in [0.1, 0.15) is 0 Å². The lowest BCUT2D eigenvalue weighted by atomic mass is 10.1. The Morgan fingerprint density at radius 1 is 1.29 bits per heavy atom. The molecular weight excluding hydrogens is 214 g/mol. The highest BCUT2D eigenvalue weighted by molar-refractivity contribution is 5.89. The van der Waals surface area contributed by atoms with E-state index in [4.69, 9.17) is 5.73 Å². The fourth-order valence-corrected chi connectivity index (χ4v) is 1.99. The molecule has 0 saturated heterocycles. The number of H-pyrrole nitrogens is 1. The van der Waals surface area contributed by atoms with Crippen LogP contribution in [0.15, 0.2) is 35.3 Å². The SMILES string of the molecule is Nc1cc(-c2ccccc2N2C=NCC2)[nH]n1. The molecule has 0 radical (unpaired) electrons. The van der Waals surface area contributed by atoms with Gasteiger partial charge in [-0.05, 0) is 6.07 Å². The first-order chi connectivity index (χ1) is 8.34. The zero-order valence-corrected chi connectivity index (χ0v) is 9.30. The molecule has 0 bridgehead atoms. The van der Waals surface area contributed by atoms with Crippen molar-refractivity contribution in [2.45, 2.75) is 0 Å². The van der Waals surface area contributed by atoms with Crippen LogP contribution < -0.4 is 10.6 Å². The summed E-state index contributed by atoms with van der Waals surface area (Å²) < 4.78 is 0. The first-order valence-corrected chi connectivity index (χ1v) is 5.51. The molecule has 0 fully saturated rings. The molecule has 86 valence electrons. The molecule has 17 heavy (non-hydrogen) atoms. The van der Waals surface area contributed by atoms with Crippen LogP contribution in [-0.2, 0) is 0 Å². The molecule has 5 nitrogen and oxygen atoms in total. The zero-order valence-electron chi connectivity index (χ0n) is 9.30. The predicted octanol–water partition coefficient (Wildman–Crippen LogP) is 1.51. The molecule has 3 N–H and O–H groups in total. The highest BCUT2D eigenvalue weighted by atomic mass is 15.2. The summed E-state index contributed by atoms with van der Waals surface area (Å²) in [4.78, 5) is 6.36. The smallest absolute Gasteiger partial charge is 0.145 e. The first kappa shape index (κ1) is 9.89. The number of nitrogens with two attached hydrogens (primary N) is 1. The van der Waals surface area contributed by atoms with Crippen LogP contribution in [0, 0.1) is 0 Å². The van der Waals surface area contributed by atoms with Gasteiger partial charge in [0.15, 0.2) is 0 Å². The Balaban J connectivity index is 2.07. The highest BCUT2D eigenvalue weighted by Gasteiger charge is 2.14. The number of hydrogen-bond acceptors (Lipinski definition) is 4. The minimum absolute atomic E-state index is 0.505. The minimum atomic E-state index is 0.505. The van der Waals surface area contributed by atoms with Crippen LogP contribution in [0.5, 0.6) is 0 Å². The third-order valence-electron chi connectivity index (χ3n) is 2.79. The average molecular weight is 227 g/mol. The summed E-state index contributed by atoms with van der Waals surface area (Å²) in [5.74, 6) is 0.505. The molecule has 0 amide bonds. The van der Waals surface area contributed by atoms with Crippen molar-refractivity contribution >= 4 is 17.8 Å². The molecule has 1 aromatic heterocycles. The van der Waals surface area contributed by atoms with Crippen molar-refractivity contribution < 1.29 is 0 Å². The number of nitrogens with one attached hydrogen (secondary N) is 1. The second-order valence-corrected chi connectivity index (χ2v) is 3.94. The number of hydrogen-bond donors (Lipinski definition) is 2. The lowest BCUT2D eigenvalue weighted by Crippen LogP contribution is -2.18. The largest absolute Gasteiger partial charge is 0.382 e. The van der Waals surface area contributed by atoms with Crippen molar-refractivity contribution in [3.63, 3.8) is 0 Å². The number of aromatic nitrogens is 2. The molecule has 0 spiro atoms. The molecule has 3 rings (SSSR count). The van der Waals surface area contributed by atoms with Gasteiger partial charge in [-0.25, -0.2) is 0 Å². The number of aliphatic imine (C=N–C) groups is 1. The fourth-order valence-electron chi connectivity index (χ4n) is 1.99. The van der Waals surface area contributed by atoms with Crippen molar-refractivity contribution in [2.24, 2.45) is 4.99 Å². The molecule has 0 atom stereocenters. The van der Waals surface area contributed by atoms with Crippen LogP contribution in [0.3, 0.4) is 0 Å². The van der Waals surface area contributed by atoms with Gasteiger partial charge in [-0.3, -0.25) is 10.1 Å². The van der Waals surface area contributed by atoms with E-state index in [1.807, 2.05) is 24.5 Å². The maximum absolute atomic E-state index is 5.64. The van der Waals surface area contributed by atoms with Crippen molar-refractivity contribution in [2.75, 3.05) is 23.7 Å². The first-order valence-electron chi connectivity index (χ1n) is 5.51. The van der Waals surface area contributed by atoms with Gasteiger partial charge in [0.05, 0.1) is 24.3 Å². The minimum Gasteiger partial charge on any atom is -0.382 e. The summed E-state index contributed by atoms with van der Waals surface area (Å²) in [5, 5.41) is 6.90. The highest BCUT2D eigenvalue weighted by Crippen LogP contribution is 2.30. The van der Waals surface area contributed by atoms with E-state index in [0.29, 0.717) is 5.82 Å². The molecular formula is C12H13N5. The van der Waals surface area contributed by atoms with Crippen LogP contribution >= 0.6 is 0 Å². The molecule has 1 aliphatic rings. The number of rotatable bonds is 2. The van der Waals surface area contributed by atoms with Gasteiger partial charge in [-0.15, -0.1) is 0 Å². The summed E-state index contributed by atoms with van der Waals surface area (Å²) in [6.07, 6.45) is 1.87. The quantitative estimate of drug-likeness (QED) is 0.817. The number of nitrogen functional groups attached to an aromatic ring is 1. The van der Waals surface area contributed by atoms with Crippen LogP contribution in [0.2, 0.25) is 0 Å².